The summed E-state index contributed by atoms with van der Waals surface area (Å²) in [5.74, 6) is 0.964. The highest BCUT2D eigenvalue weighted by molar-refractivity contribution is 6.30. The van der Waals surface area contributed by atoms with Gasteiger partial charge in [-0.15, -0.1) is 0 Å². The molecule has 0 radical (unpaired) electrons. The number of benzene rings is 1. The third kappa shape index (κ3) is 4.27. The van der Waals surface area contributed by atoms with Gasteiger partial charge in [0, 0.05) is 36.9 Å². The van der Waals surface area contributed by atoms with E-state index in [2.05, 4.69) is 10.2 Å². The van der Waals surface area contributed by atoms with Crippen LogP contribution in [0.15, 0.2) is 47.1 Å². The number of anilines is 1. The first-order chi connectivity index (χ1) is 11.2. The van der Waals surface area contributed by atoms with E-state index in [-0.39, 0.29) is 5.91 Å². The second-order valence-electron chi connectivity index (χ2n) is 5.53. The molecule has 1 N–H and O–H groups in total. The van der Waals surface area contributed by atoms with Crippen molar-refractivity contribution in [3.05, 3.63) is 53.4 Å². The van der Waals surface area contributed by atoms with Crippen LogP contribution >= 0.6 is 11.6 Å². The molecule has 0 atom stereocenters. The molecule has 6 heteroatoms. The maximum atomic E-state index is 12.2. The number of nitrogens with one attached hydrogen (secondary N) is 1. The van der Waals surface area contributed by atoms with Gasteiger partial charge in [-0.3, -0.25) is 4.79 Å². The van der Waals surface area contributed by atoms with Crippen LogP contribution in [0.1, 0.15) is 5.76 Å². The van der Waals surface area contributed by atoms with Crippen LogP contribution < -0.4 is 10.2 Å². The van der Waals surface area contributed by atoms with Crippen LogP contribution in [-0.4, -0.2) is 43.5 Å². The summed E-state index contributed by atoms with van der Waals surface area (Å²) in [7, 11) is 0. The molecule has 1 aromatic heterocycles. The van der Waals surface area contributed by atoms with Gasteiger partial charge in [-0.25, -0.2) is 0 Å². The summed E-state index contributed by atoms with van der Waals surface area (Å²) < 4.78 is 5.23. The van der Waals surface area contributed by atoms with Gasteiger partial charge in [-0.2, -0.15) is 0 Å². The van der Waals surface area contributed by atoms with Crippen molar-refractivity contribution >= 4 is 23.2 Å². The van der Waals surface area contributed by atoms with Gasteiger partial charge in [0.05, 0.1) is 19.4 Å². The minimum absolute atomic E-state index is 0.127. The molecule has 1 aromatic carbocycles. The highest BCUT2D eigenvalue weighted by Gasteiger charge is 2.21. The van der Waals surface area contributed by atoms with Crippen molar-refractivity contribution < 1.29 is 9.21 Å². The number of hydrogen-bond donors (Lipinski definition) is 1. The van der Waals surface area contributed by atoms with Crippen molar-refractivity contribution in [3.8, 4) is 0 Å². The van der Waals surface area contributed by atoms with Crippen LogP contribution in [-0.2, 0) is 11.3 Å². The average molecular weight is 334 g/mol. The number of halogens is 1. The fourth-order valence-corrected chi connectivity index (χ4v) is 2.89. The average Bonchev–Trinajstić information content (AvgIpc) is 3.08. The molecule has 0 saturated carbocycles. The molecule has 23 heavy (non-hydrogen) atoms. The number of amides is 1. The maximum absolute atomic E-state index is 12.2. The molecule has 1 saturated heterocycles. The largest absolute Gasteiger partial charge is 0.468 e. The third-order valence-electron chi connectivity index (χ3n) is 3.96. The SMILES string of the molecule is O=C(CNCc1ccco1)N1CCN(c2cccc(Cl)c2)CC1. The molecular weight excluding hydrogens is 314 g/mol. The van der Waals surface area contributed by atoms with Crippen LogP contribution in [0.2, 0.25) is 5.02 Å². The number of hydrogen-bond acceptors (Lipinski definition) is 4. The number of nitrogens with zero attached hydrogens (tertiary/aromatic N) is 2. The van der Waals surface area contributed by atoms with Crippen molar-refractivity contribution in [2.45, 2.75) is 6.54 Å². The van der Waals surface area contributed by atoms with Gasteiger partial charge in [0.2, 0.25) is 5.91 Å². The number of carbonyl (C=O) groups is 1. The molecule has 1 amide bonds. The Hall–Kier alpha value is -1.98. The fraction of sp³-hybridized carbons (Fsp3) is 0.353. The van der Waals surface area contributed by atoms with E-state index in [0.717, 1.165) is 42.6 Å². The summed E-state index contributed by atoms with van der Waals surface area (Å²) >= 11 is 6.04. The molecule has 0 spiro atoms. The summed E-state index contributed by atoms with van der Waals surface area (Å²) in [4.78, 5) is 16.4. The molecule has 122 valence electrons. The van der Waals surface area contributed by atoms with E-state index in [1.807, 2.05) is 41.3 Å². The number of rotatable bonds is 5. The van der Waals surface area contributed by atoms with E-state index in [1.54, 1.807) is 6.26 Å². The van der Waals surface area contributed by atoms with E-state index in [4.69, 9.17) is 16.0 Å². The smallest absolute Gasteiger partial charge is 0.236 e. The Morgan fingerprint density at radius 3 is 2.70 bits per heavy atom. The Morgan fingerprint density at radius 2 is 2.00 bits per heavy atom. The number of carbonyl (C=O) groups excluding carboxylic acids is 1. The molecule has 1 aliphatic heterocycles. The van der Waals surface area contributed by atoms with E-state index in [0.29, 0.717) is 13.1 Å². The van der Waals surface area contributed by atoms with Gasteiger partial charge in [-0.05, 0) is 30.3 Å². The fourth-order valence-electron chi connectivity index (χ4n) is 2.70. The first kappa shape index (κ1) is 15.9. The van der Waals surface area contributed by atoms with Gasteiger partial charge in [0.25, 0.3) is 0 Å². The molecule has 1 fully saturated rings. The Bertz CT molecular complexity index is 637. The van der Waals surface area contributed by atoms with Crippen molar-refractivity contribution in [2.75, 3.05) is 37.6 Å². The molecule has 1 aliphatic rings. The summed E-state index contributed by atoms with van der Waals surface area (Å²) in [6.07, 6.45) is 1.63. The van der Waals surface area contributed by atoms with Crippen molar-refractivity contribution in [1.82, 2.24) is 10.2 Å². The summed E-state index contributed by atoms with van der Waals surface area (Å²) in [6.45, 7) is 4.01. The minimum atomic E-state index is 0.127. The Morgan fingerprint density at radius 1 is 1.17 bits per heavy atom. The van der Waals surface area contributed by atoms with Crippen molar-refractivity contribution in [3.63, 3.8) is 0 Å². The minimum Gasteiger partial charge on any atom is -0.468 e. The second-order valence-corrected chi connectivity index (χ2v) is 5.97. The third-order valence-corrected chi connectivity index (χ3v) is 4.20. The van der Waals surface area contributed by atoms with Gasteiger partial charge in [0.1, 0.15) is 5.76 Å². The first-order valence-electron chi connectivity index (χ1n) is 7.74. The zero-order valence-electron chi connectivity index (χ0n) is 12.9. The van der Waals surface area contributed by atoms with Crippen LogP contribution in [0.3, 0.4) is 0 Å². The topological polar surface area (TPSA) is 48.7 Å². The Kier molecular flexibility index (Phi) is 5.20. The van der Waals surface area contributed by atoms with Crippen LogP contribution in [0, 0.1) is 0 Å². The van der Waals surface area contributed by atoms with Gasteiger partial charge in [0.15, 0.2) is 0 Å². The van der Waals surface area contributed by atoms with E-state index >= 15 is 0 Å². The lowest BCUT2D eigenvalue weighted by atomic mass is 10.2. The lowest BCUT2D eigenvalue weighted by molar-refractivity contribution is -0.130. The molecule has 0 bridgehead atoms. The normalized spacial score (nSPS) is 15.0. The predicted molar refractivity (Wildman–Crippen MR) is 90.7 cm³/mol. The summed E-state index contributed by atoms with van der Waals surface area (Å²) in [5.41, 5.74) is 1.11. The molecule has 0 aliphatic carbocycles. The highest BCUT2D eigenvalue weighted by Crippen LogP contribution is 2.20. The maximum Gasteiger partial charge on any atom is 0.236 e. The predicted octanol–water partition coefficient (Wildman–Crippen LogP) is 2.37. The Labute approximate surface area is 140 Å². The van der Waals surface area contributed by atoms with E-state index < -0.39 is 0 Å². The highest BCUT2D eigenvalue weighted by atomic mass is 35.5. The zero-order valence-corrected chi connectivity index (χ0v) is 13.6. The quantitative estimate of drug-likeness (QED) is 0.912. The van der Waals surface area contributed by atoms with Crippen LogP contribution in [0.25, 0.3) is 0 Å². The lowest BCUT2D eigenvalue weighted by Crippen LogP contribution is -2.50. The van der Waals surface area contributed by atoms with E-state index in [9.17, 15) is 4.79 Å². The van der Waals surface area contributed by atoms with Gasteiger partial charge in [-0.1, -0.05) is 17.7 Å². The van der Waals surface area contributed by atoms with Crippen LogP contribution in [0.5, 0.6) is 0 Å². The zero-order chi connectivity index (χ0) is 16.1. The summed E-state index contributed by atoms with van der Waals surface area (Å²) in [6, 6.07) is 11.6. The lowest BCUT2D eigenvalue weighted by Gasteiger charge is -2.36. The molecule has 2 heterocycles. The summed E-state index contributed by atoms with van der Waals surface area (Å²) in [5, 5.41) is 3.86. The van der Waals surface area contributed by atoms with Crippen LogP contribution in [0.4, 0.5) is 5.69 Å². The number of piperazine rings is 1. The first-order valence-corrected chi connectivity index (χ1v) is 8.11. The monoisotopic (exact) mass is 333 g/mol. The van der Waals surface area contributed by atoms with Crippen molar-refractivity contribution in [1.29, 1.82) is 0 Å². The number of furan rings is 1. The van der Waals surface area contributed by atoms with Crippen molar-refractivity contribution in [2.24, 2.45) is 0 Å². The molecule has 5 nitrogen and oxygen atoms in total. The van der Waals surface area contributed by atoms with E-state index in [1.165, 1.54) is 0 Å². The molecule has 3 rings (SSSR count). The van der Waals surface area contributed by atoms with Gasteiger partial charge < -0.3 is 19.5 Å². The molecule has 0 unspecified atom stereocenters. The molecule has 2 aromatic rings. The molecular formula is C17H20ClN3O2. The standard InChI is InChI=1S/C17H20ClN3O2/c18-14-3-1-4-15(11-14)20-6-8-21(9-7-20)17(22)13-19-12-16-5-2-10-23-16/h1-5,10-11,19H,6-9,12-13H2. The second kappa shape index (κ2) is 7.53. The van der Waals surface area contributed by atoms with Gasteiger partial charge >= 0.3 is 0 Å². The Balaban J connectivity index is 1.44.